The zero-order chi connectivity index (χ0) is 33.0. The third kappa shape index (κ3) is 8.19. The van der Waals surface area contributed by atoms with Crippen molar-refractivity contribution in [3.63, 3.8) is 0 Å². The third-order valence-electron chi connectivity index (χ3n) is 7.19. The summed E-state index contributed by atoms with van der Waals surface area (Å²) in [5, 5.41) is 7.40. The Labute approximate surface area is 271 Å². The van der Waals surface area contributed by atoms with Crippen LogP contribution in [0.1, 0.15) is 31.2 Å². The van der Waals surface area contributed by atoms with E-state index in [1.165, 1.54) is 18.5 Å². The van der Waals surface area contributed by atoms with E-state index in [1.54, 1.807) is 42.5 Å². The lowest BCUT2D eigenvalue weighted by Crippen LogP contribution is -2.47. The van der Waals surface area contributed by atoms with Crippen LogP contribution in [0.3, 0.4) is 0 Å². The number of ether oxygens (including phenoxy) is 1. The lowest BCUT2D eigenvalue weighted by atomic mass is 10.0. The fourth-order valence-electron chi connectivity index (χ4n) is 4.96. The topological polar surface area (TPSA) is 149 Å². The van der Waals surface area contributed by atoms with Crippen LogP contribution in [-0.4, -0.2) is 42.3 Å². The Morgan fingerprint density at radius 2 is 1.87 bits per heavy atom. The molecule has 46 heavy (non-hydrogen) atoms. The van der Waals surface area contributed by atoms with E-state index in [-0.39, 0.29) is 24.1 Å². The molecule has 5 rings (SSSR count). The molecule has 5 aromatic rings. The highest BCUT2D eigenvalue weighted by molar-refractivity contribution is 7.90. The molecule has 2 unspecified atom stereocenters. The van der Waals surface area contributed by atoms with Crippen LogP contribution >= 0.6 is 11.6 Å². The van der Waals surface area contributed by atoms with Gasteiger partial charge in [-0.2, -0.15) is 0 Å². The standard InChI is InChI=1S/C33H33ClFN5O5S/c1-19(2)31(32(36)41)40-27(17-46(3,42)43)30-12-11-28(45-30)21-7-9-26-24(14-21)33(38-18-37-26)39-23-8-10-29(25(34)15-23)44-16-20-5-4-6-22(35)13-20/h4-15,18-19,27,31,40H,16-17H2,1-3H3,(H2,36,41)(H,37,38,39). The molecule has 0 aliphatic carbocycles. The summed E-state index contributed by atoms with van der Waals surface area (Å²) in [7, 11) is -3.44. The number of aromatic nitrogens is 2. The molecule has 0 aliphatic rings. The molecule has 0 spiro atoms. The molecule has 0 radical (unpaired) electrons. The van der Waals surface area contributed by atoms with E-state index in [2.05, 4.69) is 20.6 Å². The van der Waals surface area contributed by atoms with Crippen molar-refractivity contribution >= 4 is 49.8 Å². The predicted octanol–water partition coefficient (Wildman–Crippen LogP) is 6.19. The first kappa shape index (κ1) is 32.9. The molecular formula is C33H33ClFN5O5S. The number of carbonyl (C=O) groups excluding carboxylic acids is 1. The zero-order valence-electron chi connectivity index (χ0n) is 25.3. The quantitative estimate of drug-likeness (QED) is 0.134. The zero-order valence-corrected chi connectivity index (χ0v) is 26.9. The summed E-state index contributed by atoms with van der Waals surface area (Å²) >= 11 is 6.50. The third-order valence-corrected chi connectivity index (χ3v) is 8.43. The van der Waals surface area contributed by atoms with Gasteiger partial charge in [-0.3, -0.25) is 10.1 Å². The second-order valence-corrected chi connectivity index (χ2v) is 13.9. The SMILES string of the molecule is CC(C)C(NC(CS(C)(=O)=O)c1ccc(-c2ccc3ncnc(Nc4ccc(OCc5cccc(F)c5)c(Cl)c4)c3c2)o1)C(N)=O. The van der Waals surface area contributed by atoms with Gasteiger partial charge in [-0.1, -0.05) is 37.6 Å². The smallest absolute Gasteiger partial charge is 0.234 e. The highest BCUT2D eigenvalue weighted by Gasteiger charge is 2.28. The Balaban J connectivity index is 1.38. The molecule has 2 aromatic heterocycles. The number of hydrogen-bond acceptors (Lipinski definition) is 9. The second kappa shape index (κ2) is 13.9. The summed E-state index contributed by atoms with van der Waals surface area (Å²) in [6.45, 7) is 3.80. The van der Waals surface area contributed by atoms with Crippen LogP contribution in [0, 0.1) is 11.7 Å². The first-order valence-corrected chi connectivity index (χ1v) is 16.8. The number of primary amides is 1. The van der Waals surface area contributed by atoms with Crippen molar-refractivity contribution in [2.24, 2.45) is 11.7 Å². The van der Waals surface area contributed by atoms with Crippen LogP contribution in [-0.2, 0) is 21.2 Å². The first-order valence-electron chi connectivity index (χ1n) is 14.4. The number of anilines is 2. The van der Waals surface area contributed by atoms with E-state index < -0.39 is 27.8 Å². The van der Waals surface area contributed by atoms with Crippen molar-refractivity contribution in [2.45, 2.75) is 32.5 Å². The molecule has 2 heterocycles. The normalized spacial score (nSPS) is 13.1. The van der Waals surface area contributed by atoms with Gasteiger partial charge >= 0.3 is 0 Å². The Hall–Kier alpha value is -4.52. The van der Waals surface area contributed by atoms with E-state index >= 15 is 0 Å². The molecule has 3 aromatic carbocycles. The summed E-state index contributed by atoms with van der Waals surface area (Å²) in [5.41, 5.74) is 8.28. The van der Waals surface area contributed by atoms with Gasteiger partial charge in [0.25, 0.3) is 0 Å². The molecule has 13 heteroatoms. The number of nitrogens with one attached hydrogen (secondary N) is 2. The monoisotopic (exact) mass is 665 g/mol. The molecule has 2 atom stereocenters. The summed E-state index contributed by atoms with van der Waals surface area (Å²) in [4.78, 5) is 20.9. The Kier molecular flexibility index (Phi) is 9.90. The van der Waals surface area contributed by atoms with Gasteiger partial charge in [-0.05, 0) is 72.1 Å². The minimum absolute atomic E-state index is 0.159. The van der Waals surface area contributed by atoms with Crippen molar-refractivity contribution in [3.05, 3.63) is 101 Å². The van der Waals surface area contributed by atoms with Crippen molar-refractivity contribution in [1.82, 2.24) is 15.3 Å². The van der Waals surface area contributed by atoms with Crippen LogP contribution in [0.4, 0.5) is 15.9 Å². The number of hydrogen-bond donors (Lipinski definition) is 3. The first-order chi connectivity index (χ1) is 21.9. The van der Waals surface area contributed by atoms with E-state index in [1.807, 2.05) is 32.0 Å². The molecule has 10 nitrogen and oxygen atoms in total. The number of furan rings is 1. The fourth-order valence-corrected chi connectivity index (χ4v) is 6.06. The summed E-state index contributed by atoms with van der Waals surface area (Å²) < 4.78 is 49.9. The van der Waals surface area contributed by atoms with E-state index in [0.717, 1.165) is 6.26 Å². The molecular weight excluding hydrogens is 633 g/mol. The van der Waals surface area contributed by atoms with Gasteiger partial charge in [-0.25, -0.2) is 22.8 Å². The average Bonchev–Trinajstić information content (AvgIpc) is 3.48. The summed E-state index contributed by atoms with van der Waals surface area (Å²) in [6, 6.07) is 18.7. The van der Waals surface area contributed by atoms with Gasteiger partial charge in [0.1, 0.15) is 51.7 Å². The summed E-state index contributed by atoms with van der Waals surface area (Å²) in [5.74, 6) is 0.418. The van der Waals surface area contributed by atoms with Gasteiger partial charge in [0, 0.05) is 22.9 Å². The van der Waals surface area contributed by atoms with Crippen molar-refractivity contribution in [1.29, 1.82) is 0 Å². The van der Waals surface area contributed by atoms with E-state index in [9.17, 15) is 17.6 Å². The number of carbonyl (C=O) groups is 1. The van der Waals surface area contributed by atoms with Gasteiger partial charge in [0.05, 0.1) is 28.4 Å². The Morgan fingerprint density at radius 3 is 2.57 bits per heavy atom. The minimum atomic E-state index is -3.44. The minimum Gasteiger partial charge on any atom is -0.487 e. The highest BCUT2D eigenvalue weighted by Crippen LogP contribution is 2.33. The molecule has 0 saturated heterocycles. The Morgan fingerprint density at radius 1 is 1.07 bits per heavy atom. The maximum atomic E-state index is 13.5. The number of sulfone groups is 1. The van der Waals surface area contributed by atoms with Crippen molar-refractivity contribution in [2.75, 3.05) is 17.3 Å². The number of rotatable bonds is 13. The van der Waals surface area contributed by atoms with Gasteiger partial charge in [0.2, 0.25) is 5.91 Å². The second-order valence-electron chi connectivity index (χ2n) is 11.3. The molecule has 0 aliphatic heterocycles. The van der Waals surface area contributed by atoms with Gasteiger partial charge < -0.3 is 20.2 Å². The molecule has 0 fully saturated rings. The van der Waals surface area contributed by atoms with E-state index in [0.29, 0.717) is 55.8 Å². The van der Waals surface area contributed by atoms with Crippen molar-refractivity contribution in [3.8, 4) is 17.1 Å². The molecule has 4 N–H and O–H groups in total. The van der Waals surface area contributed by atoms with Crippen LogP contribution in [0.15, 0.2) is 83.5 Å². The molecule has 0 bridgehead atoms. The maximum absolute atomic E-state index is 13.5. The average molecular weight is 666 g/mol. The maximum Gasteiger partial charge on any atom is 0.234 e. The van der Waals surface area contributed by atoms with Crippen LogP contribution < -0.4 is 21.1 Å². The van der Waals surface area contributed by atoms with Crippen LogP contribution in [0.5, 0.6) is 5.75 Å². The lowest BCUT2D eigenvalue weighted by molar-refractivity contribution is -0.121. The largest absolute Gasteiger partial charge is 0.487 e. The molecule has 0 saturated carbocycles. The van der Waals surface area contributed by atoms with E-state index in [4.69, 9.17) is 26.5 Å². The number of nitrogens with two attached hydrogens (primary N) is 1. The molecule has 1 amide bonds. The molecule has 240 valence electrons. The predicted molar refractivity (Wildman–Crippen MR) is 176 cm³/mol. The summed E-state index contributed by atoms with van der Waals surface area (Å²) in [6.07, 6.45) is 2.57. The number of benzene rings is 3. The lowest BCUT2D eigenvalue weighted by Gasteiger charge is -2.24. The Bertz CT molecular complexity index is 1980. The van der Waals surface area contributed by atoms with Crippen LogP contribution in [0.2, 0.25) is 5.02 Å². The van der Waals surface area contributed by atoms with Gasteiger partial charge in [-0.15, -0.1) is 0 Å². The number of halogens is 2. The number of nitrogens with zero attached hydrogens (tertiary/aromatic N) is 2. The van der Waals surface area contributed by atoms with Gasteiger partial charge in [0.15, 0.2) is 0 Å². The number of amides is 1. The highest BCUT2D eigenvalue weighted by atomic mass is 35.5. The fraction of sp³-hybridized carbons (Fsp3) is 0.242. The number of fused-ring (bicyclic) bond motifs is 1. The van der Waals surface area contributed by atoms with Crippen molar-refractivity contribution < 1.29 is 26.8 Å². The van der Waals surface area contributed by atoms with Crippen LogP contribution in [0.25, 0.3) is 22.2 Å².